The number of carboxylic acid groups (broad SMARTS) is 1. The van der Waals surface area contributed by atoms with Crippen molar-refractivity contribution in [1.29, 1.82) is 0 Å². The third-order valence-electron chi connectivity index (χ3n) is 6.21. The third-order valence-corrected chi connectivity index (χ3v) is 6.21. The van der Waals surface area contributed by atoms with Crippen molar-refractivity contribution in [1.82, 2.24) is 10.2 Å². The number of halogens is 6. The minimum atomic E-state index is -4.83. The molecule has 3 aromatic carbocycles. The van der Waals surface area contributed by atoms with Gasteiger partial charge in [-0.1, -0.05) is 42.5 Å². The zero-order chi connectivity index (χ0) is 29.0. The van der Waals surface area contributed by atoms with Gasteiger partial charge in [-0.25, -0.2) is 4.79 Å². The first-order valence-corrected chi connectivity index (χ1v) is 11.9. The van der Waals surface area contributed by atoms with Gasteiger partial charge in [0.25, 0.3) is 0 Å². The van der Waals surface area contributed by atoms with E-state index in [2.05, 4.69) is 5.32 Å². The number of hydrogen-bond acceptors (Lipinski definition) is 2. The van der Waals surface area contributed by atoms with Crippen molar-refractivity contribution in [3.8, 4) is 11.1 Å². The second-order valence-electron chi connectivity index (χ2n) is 8.93. The van der Waals surface area contributed by atoms with E-state index in [-0.39, 0.29) is 41.9 Å². The molecule has 0 radical (unpaired) electrons. The molecule has 1 atom stereocenters. The van der Waals surface area contributed by atoms with Gasteiger partial charge in [0, 0.05) is 19.6 Å². The number of nitrogens with zero attached hydrogens (tertiary/aromatic N) is 1. The monoisotopic (exact) mass is 552 g/mol. The maximum absolute atomic E-state index is 13.7. The van der Waals surface area contributed by atoms with Crippen molar-refractivity contribution in [2.45, 2.75) is 45.2 Å². The summed E-state index contributed by atoms with van der Waals surface area (Å²) in [5.41, 5.74) is -1.68. The van der Waals surface area contributed by atoms with E-state index in [9.17, 15) is 41.0 Å². The minimum Gasteiger partial charge on any atom is -0.481 e. The Morgan fingerprint density at radius 3 is 2.10 bits per heavy atom. The number of aliphatic carboxylic acids is 1. The van der Waals surface area contributed by atoms with Crippen molar-refractivity contribution in [3.63, 3.8) is 0 Å². The van der Waals surface area contributed by atoms with Crippen LogP contribution in [0.3, 0.4) is 0 Å². The Hall–Kier alpha value is -4.02. The minimum absolute atomic E-state index is 0.0160. The molecule has 2 N–H and O–H groups in total. The van der Waals surface area contributed by atoms with Gasteiger partial charge in [-0.15, -0.1) is 0 Å². The molecule has 0 saturated heterocycles. The van der Waals surface area contributed by atoms with Gasteiger partial charge >= 0.3 is 24.4 Å². The molecule has 0 heterocycles. The summed E-state index contributed by atoms with van der Waals surface area (Å²) in [4.78, 5) is 25.6. The number of rotatable bonds is 8. The van der Waals surface area contributed by atoms with E-state index >= 15 is 0 Å². The Morgan fingerprint density at radius 2 is 1.54 bits per heavy atom. The first kappa shape index (κ1) is 29.5. The molecule has 0 spiro atoms. The Morgan fingerprint density at radius 1 is 0.897 bits per heavy atom. The maximum atomic E-state index is 13.7. The molecule has 11 heteroatoms. The molecule has 0 aliphatic heterocycles. The van der Waals surface area contributed by atoms with E-state index in [1.165, 1.54) is 17.9 Å². The summed E-state index contributed by atoms with van der Waals surface area (Å²) in [7, 11) is 0. The Labute approximate surface area is 221 Å². The van der Waals surface area contributed by atoms with E-state index in [4.69, 9.17) is 0 Å². The molecule has 0 bridgehead atoms. The molecule has 5 nitrogen and oxygen atoms in total. The lowest BCUT2D eigenvalue weighted by Gasteiger charge is -2.24. The van der Waals surface area contributed by atoms with Gasteiger partial charge in [0.15, 0.2) is 0 Å². The van der Waals surface area contributed by atoms with Crippen LogP contribution in [0.1, 0.15) is 47.6 Å². The fourth-order valence-corrected chi connectivity index (χ4v) is 3.96. The van der Waals surface area contributed by atoms with Crippen LogP contribution in [-0.2, 0) is 30.2 Å². The summed E-state index contributed by atoms with van der Waals surface area (Å²) in [6.45, 7) is 2.75. The fourth-order valence-electron chi connectivity index (χ4n) is 3.96. The summed E-state index contributed by atoms with van der Waals surface area (Å²) < 4.78 is 81.7. The number of carbonyl (C=O) groups is 2. The first-order chi connectivity index (χ1) is 18.2. The third kappa shape index (κ3) is 7.52. The van der Waals surface area contributed by atoms with Crippen LogP contribution in [0.5, 0.6) is 0 Å². The van der Waals surface area contributed by atoms with E-state index in [1.807, 2.05) is 0 Å². The molecule has 0 unspecified atom stereocenters. The van der Waals surface area contributed by atoms with E-state index < -0.39 is 41.4 Å². The summed E-state index contributed by atoms with van der Waals surface area (Å²) in [5.74, 6) is -2.67. The number of amides is 2. The largest absolute Gasteiger partial charge is 0.481 e. The normalized spacial score (nSPS) is 12.6. The predicted octanol–water partition coefficient (Wildman–Crippen LogP) is 7.31. The summed E-state index contributed by atoms with van der Waals surface area (Å²) in [6.07, 6.45) is -9.57. The highest BCUT2D eigenvalue weighted by molar-refractivity contribution is 5.78. The molecule has 208 valence electrons. The summed E-state index contributed by atoms with van der Waals surface area (Å²) in [6, 6.07) is 13.6. The van der Waals surface area contributed by atoms with Crippen LogP contribution in [0.25, 0.3) is 11.1 Å². The zero-order valence-electron chi connectivity index (χ0n) is 21.0. The molecule has 0 aliphatic rings. The number of urea groups is 1. The van der Waals surface area contributed by atoms with Crippen LogP contribution in [0.2, 0.25) is 0 Å². The van der Waals surface area contributed by atoms with Crippen molar-refractivity contribution in [2.75, 3.05) is 6.54 Å². The maximum Gasteiger partial charge on any atom is 0.416 e. The van der Waals surface area contributed by atoms with Gasteiger partial charge in [0.05, 0.1) is 17.0 Å². The SMILES string of the molecule is CCN(Cc1cc(C(F)(F)F)ccc1-c1cc([C@H](C)C(=O)O)cc(C(F)(F)F)c1)C(=O)NCc1ccccc1. The molecule has 3 rings (SSSR count). The van der Waals surface area contributed by atoms with E-state index in [0.29, 0.717) is 6.07 Å². The highest BCUT2D eigenvalue weighted by Gasteiger charge is 2.34. The number of nitrogens with one attached hydrogen (secondary N) is 1. The first-order valence-electron chi connectivity index (χ1n) is 11.9. The zero-order valence-corrected chi connectivity index (χ0v) is 21.0. The van der Waals surface area contributed by atoms with Gasteiger partial charge in [-0.3, -0.25) is 4.79 Å². The average Bonchev–Trinajstić information content (AvgIpc) is 2.89. The molecular weight excluding hydrogens is 526 g/mol. The second kappa shape index (κ2) is 11.8. The summed E-state index contributed by atoms with van der Waals surface area (Å²) >= 11 is 0. The van der Waals surface area contributed by atoms with Crippen molar-refractivity contribution >= 4 is 12.0 Å². The van der Waals surface area contributed by atoms with Crippen molar-refractivity contribution in [2.24, 2.45) is 0 Å². The van der Waals surface area contributed by atoms with Gasteiger partial charge in [-0.05, 0) is 65.9 Å². The topological polar surface area (TPSA) is 69.6 Å². The van der Waals surface area contributed by atoms with Gasteiger partial charge in [0.1, 0.15) is 0 Å². The predicted molar refractivity (Wildman–Crippen MR) is 133 cm³/mol. The molecule has 0 saturated carbocycles. The molecule has 3 aromatic rings. The highest BCUT2D eigenvalue weighted by Crippen LogP contribution is 2.38. The number of hydrogen-bond donors (Lipinski definition) is 2. The van der Waals surface area contributed by atoms with E-state index in [1.54, 1.807) is 37.3 Å². The number of benzene rings is 3. The molecule has 0 fully saturated rings. The van der Waals surface area contributed by atoms with Gasteiger partial charge < -0.3 is 15.3 Å². The Bertz CT molecular complexity index is 1320. The average molecular weight is 553 g/mol. The van der Waals surface area contributed by atoms with Crippen LogP contribution in [0.4, 0.5) is 31.1 Å². The van der Waals surface area contributed by atoms with Crippen LogP contribution in [0.15, 0.2) is 66.7 Å². The second-order valence-corrected chi connectivity index (χ2v) is 8.93. The van der Waals surface area contributed by atoms with E-state index in [0.717, 1.165) is 29.8 Å². The van der Waals surface area contributed by atoms with Gasteiger partial charge in [0.2, 0.25) is 0 Å². The Kier molecular flexibility index (Phi) is 8.93. The lowest BCUT2D eigenvalue weighted by Crippen LogP contribution is -2.39. The van der Waals surface area contributed by atoms with Gasteiger partial charge in [-0.2, -0.15) is 26.3 Å². The van der Waals surface area contributed by atoms with Crippen LogP contribution < -0.4 is 5.32 Å². The summed E-state index contributed by atoms with van der Waals surface area (Å²) in [5, 5.41) is 12.0. The highest BCUT2D eigenvalue weighted by atomic mass is 19.4. The fraction of sp³-hybridized carbons (Fsp3) is 0.286. The smallest absolute Gasteiger partial charge is 0.416 e. The van der Waals surface area contributed by atoms with Crippen LogP contribution >= 0.6 is 0 Å². The number of carbonyl (C=O) groups excluding carboxylic acids is 1. The Balaban J connectivity index is 2.07. The molecule has 2 amide bonds. The quantitative estimate of drug-likeness (QED) is 0.288. The lowest BCUT2D eigenvalue weighted by molar-refractivity contribution is -0.139. The molecule has 0 aliphatic carbocycles. The van der Waals surface area contributed by atoms with Crippen LogP contribution in [-0.4, -0.2) is 28.6 Å². The number of carboxylic acids is 1. The molecule has 0 aromatic heterocycles. The molecular formula is C28H26F6N2O3. The van der Waals surface area contributed by atoms with Crippen LogP contribution in [0, 0.1) is 0 Å². The van der Waals surface area contributed by atoms with Crippen molar-refractivity contribution in [3.05, 3.63) is 94.5 Å². The molecule has 39 heavy (non-hydrogen) atoms. The number of alkyl halides is 6. The lowest BCUT2D eigenvalue weighted by atomic mass is 9.90. The standard InChI is InChI=1S/C28H26F6N2O3/c1-3-36(26(39)35-15-18-7-5-4-6-8-18)16-21-14-22(27(29,30)31)9-10-24(21)20-11-19(17(2)25(37)38)12-23(13-20)28(32,33)34/h4-14,17H,3,15-16H2,1-2H3,(H,35,39)(H,37,38)/t17-/m0/s1. The van der Waals surface area contributed by atoms with Crippen molar-refractivity contribution < 1.29 is 41.0 Å².